The van der Waals surface area contributed by atoms with Crippen LogP contribution in [0.5, 0.6) is 0 Å². The second kappa shape index (κ2) is 5.43. The summed E-state index contributed by atoms with van der Waals surface area (Å²) in [4.78, 5) is 4.69. The number of rotatable bonds is 3. The second-order valence-electron chi connectivity index (χ2n) is 5.82. The van der Waals surface area contributed by atoms with Gasteiger partial charge >= 0.3 is 0 Å². The number of aromatic nitrogens is 1. The Hall–Kier alpha value is -0.580. The van der Waals surface area contributed by atoms with E-state index in [1.165, 1.54) is 27.6 Å². The third-order valence-corrected chi connectivity index (χ3v) is 6.05. The second-order valence-corrected chi connectivity index (χ2v) is 8.09. The topological polar surface area (TPSA) is 24.9 Å². The van der Waals surface area contributed by atoms with Gasteiger partial charge in [0.25, 0.3) is 0 Å². The zero-order valence-electron chi connectivity index (χ0n) is 11.5. The molecule has 1 fully saturated rings. The standard InChI is InChI=1S/C15H20N2S2/c1-15(2)7-8-18-10-13(15)16-9-14-17-11-5-3-4-6-12(11)19-14/h3-6,13,16H,7-10H2,1-2H3. The van der Waals surface area contributed by atoms with Gasteiger partial charge in [-0.05, 0) is 29.7 Å². The monoisotopic (exact) mass is 292 g/mol. The Morgan fingerprint density at radius 1 is 1.37 bits per heavy atom. The Morgan fingerprint density at radius 2 is 2.21 bits per heavy atom. The lowest BCUT2D eigenvalue weighted by Crippen LogP contribution is -2.46. The number of thiazole rings is 1. The van der Waals surface area contributed by atoms with Crippen LogP contribution in [-0.4, -0.2) is 22.5 Å². The van der Waals surface area contributed by atoms with E-state index in [0.717, 1.165) is 12.1 Å². The van der Waals surface area contributed by atoms with E-state index in [1.54, 1.807) is 11.3 Å². The van der Waals surface area contributed by atoms with Gasteiger partial charge < -0.3 is 5.32 Å². The summed E-state index contributed by atoms with van der Waals surface area (Å²) in [5, 5.41) is 4.92. The van der Waals surface area contributed by atoms with E-state index in [9.17, 15) is 0 Å². The highest BCUT2D eigenvalue weighted by molar-refractivity contribution is 7.99. The molecule has 1 aliphatic heterocycles. The van der Waals surface area contributed by atoms with Crippen molar-refractivity contribution in [3.8, 4) is 0 Å². The Morgan fingerprint density at radius 3 is 3.00 bits per heavy atom. The molecule has 0 spiro atoms. The molecule has 19 heavy (non-hydrogen) atoms. The van der Waals surface area contributed by atoms with Gasteiger partial charge in [0.05, 0.1) is 10.2 Å². The Kier molecular flexibility index (Phi) is 3.83. The van der Waals surface area contributed by atoms with Crippen LogP contribution in [0, 0.1) is 5.41 Å². The average Bonchev–Trinajstić information content (AvgIpc) is 2.79. The first kappa shape index (κ1) is 13.4. The van der Waals surface area contributed by atoms with E-state index < -0.39 is 0 Å². The van der Waals surface area contributed by atoms with E-state index >= 15 is 0 Å². The molecule has 1 atom stereocenters. The van der Waals surface area contributed by atoms with Gasteiger partial charge in [-0.1, -0.05) is 26.0 Å². The molecular weight excluding hydrogens is 272 g/mol. The fraction of sp³-hybridized carbons (Fsp3) is 0.533. The number of nitrogens with one attached hydrogen (secondary N) is 1. The van der Waals surface area contributed by atoms with Crippen molar-refractivity contribution in [1.29, 1.82) is 0 Å². The molecule has 1 aliphatic rings. The lowest BCUT2D eigenvalue weighted by atomic mass is 9.82. The van der Waals surface area contributed by atoms with E-state index in [2.05, 4.69) is 55.2 Å². The highest BCUT2D eigenvalue weighted by atomic mass is 32.2. The summed E-state index contributed by atoms with van der Waals surface area (Å²) in [6.45, 7) is 5.65. The number of thioether (sulfide) groups is 1. The number of fused-ring (bicyclic) bond motifs is 1. The van der Waals surface area contributed by atoms with Crippen molar-refractivity contribution < 1.29 is 0 Å². The summed E-state index contributed by atoms with van der Waals surface area (Å²) >= 11 is 3.87. The van der Waals surface area contributed by atoms with Crippen molar-refractivity contribution in [2.75, 3.05) is 11.5 Å². The van der Waals surface area contributed by atoms with Crippen molar-refractivity contribution in [1.82, 2.24) is 10.3 Å². The van der Waals surface area contributed by atoms with Crippen LogP contribution < -0.4 is 5.32 Å². The fourth-order valence-corrected chi connectivity index (χ4v) is 5.04. The normalized spacial score (nSPS) is 22.7. The van der Waals surface area contributed by atoms with Crippen molar-refractivity contribution in [3.63, 3.8) is 0 Å². The Labute approximate surface area is 123 Å². The molecule has 4 heteroatoms. The molecular formula is C15H20N2S2. The molecule has 2 nitrogen and oxygen atoms in total. The first-order chi connectivity index (χ1) is 9.15. The van der Waals surface area contributed by atoms with Gasteiger partial charge in [0.1, 0.15) is 5.01 Å². The fourth-order valence-electron chi connectivity index (χ4n) is 2.48. The van der Waals surface area contributed by atoms with E-state index in [-0.39, 0.29) is 0 Å². The third kappa shape index (κ3) is 2.96. The first-order valence-corrected chi connectivity index (χ1v) is 8.78. The minimum Gasteiger partial charge on any atom is -0.306 e. The number of hydrogen-bond acceptors (Lipinski definition) is 4. The SMILES string of the molecule is CC1(C)CCSCC1NCc1nc2ccccc2s1. The van der Waals surface area contributed by atoms with Crippen molar-refractivity contribution in [2.24, 2.45) is 5.41 Å². The molecule has 2 heterocycles. The summed E-state index contributed by atoms with van der Waals surface area (Å²) < 4.78 is 1.29. The van der Waals surface area contributed by atoms with E-state index in [0.29, 0.717) is 11.5 Å². The smallest absolute Gasteiger partial charge is 0.108 e. The van der Waals surface area contributed by atoms with E-state index in [1.807, 2.05) is 0 Å². The number of hydrogen-bond donors (Lipinski definition) is 1. The molecule has 1 aromatic heterocycles. The van der Waals surface area contributed by atoms with Crippen LogP contribution in [0.3, 0.4) is 0 Å². The molecule has 1 unspecified atom stereocenters. The molecule has 0 amide bonds. The summed E-state index contributed by atoms with van der Waals surface area (Å²) in [6, 6.07) is 8.98. The van der Waals surface area contributed by atoms with E-state index in [4.69, 9.17) is 4.98 Å². The Balaban J connectivity index is 1.68. The summed E-state index contributed by atoms with van der Waals surface area (Å²) in [5.41, 5.74) is 1.53. The summed E-state index contributed by atoms with van der Waals surface area (Å²) in [6.07, 6.45) is 1.30. The maximum absolute atomic E-state index is 4.69. The van der Waals surface area contributed by atoms with Crippen LogP contribution in [0.15, 0.2) is 24.3 Å². The van der Waals surface area contributed by atoms with Crippen molar-refractivity contribution >= 4 is 33.3 Å². The maximum atomic E-state index is 4.69. The minimum atomic E-state index is 0.405. The predicted octanol–water partition coefficient (Wildman–Crippen LogP) is 3.92. The summed E-state index contributed by atoms with van der Waals surface area (Å²) in [7, 11) is 0. The highest BCUT2D eigenvalue weighted by Crippen LogP contribution is 2.34. The number of para-hydroxylation sites is 1. The zero-order chi connectivity index (χ0) is 13.3. The van der Waals surface area contributed by atoms with Gasteiger partial charge in [0.15, 0.2) is 0 Å². The number of nitrogens with zero attached hydrogens (tertiary/aromatic N) is 1. The molecule has 0 radical (unpaired) electrons. The van der Waals surface area contributed by atoms with Crippen LogP contribution in [0.1, 0.15) is 25.3 Å². The molecule has 1 aromatic carbocycles. The largest absolute Gasteiger partial charge is 0.306 e. The van der Waals surface area contributed by atoms with Crippen LogP contribution in [0.4, 0.5) is 0 Å². The molecule has 0 bridgehead atoms. The number of benzene rings is 1. The Bertz CT molecular complexity index is 529. The van der Waals surface area contributed by atoms with Crippen LogP contribution in [-0.2, 0) is 6.54 Å². The highest BCUT2D eigenvalue weighted by Gasteiger charge is 2.32. The van der Waals surface area contributed by atoms with Gasteiger partial charge in [-0.15, -0.1) is 11.3 Å². The molecule has 2 aromatic rings. The molecule has 1 N–H and O–H groups in total. The van der Waals surface area contributed by atoms with Crippen LogP contribution in [0.2, 0.25) is 0 Å². The van der Waals surface area contributed by atoms with Gasteiger partial charge in [-0.2, -0.15) is 11.8 Å². The van der Waals surface area contributed by atoms with Gasteiger partial charge in [-0.3, -0.25) is 0 Å². The lowest BCUT2D eigenvalue weighted by Gasteiger charge is -2.38. The van der Waals surface area contributed by atoms with Crippen molar-refractivity contribution in [3.05, 3.63) is 29.3 Å². The lowest BCUT2D eigenvalue weighted by molar-refractivity contribution is 0.245. The minimum absolute atomic E-state index is 0.405. The quantitative estimate of drug-likeness (QED) is 0.928. The molecule has 102 valence electrons. The van der Waals surface area contributed by atoms with Crippen molar-refractivity contribution in [2.45, 2.75) is 32.9 Å². The summed E-state index contributed by atoms with van der Waals surface area (Å²) in [5.74, 6) is 2.52. The maximum Gasteiger partial charge on any atom is 0.108 e. The van der Waals surface area contributed by atoms with Gasteiger partial charge in [-0.25, -0.2) is 4.98 Å². The third-order valence-electron chi connectivity index (χ3n) is 3.96. The molecule has 1 saturated heterocycles. The average molecular weight is 292 g/mol. The molecule has 0 saturated carbocycles. The zero-order valence-corrected chi connectivity index (χ0v) is 13.1. The predicted molar refractivity (Wildman–Crippen MR) is 86.0 cm³/mol. The van der Waals surface area contributed by atoms with Crippen LogP contribution in [0.25, 0.3) is 10.2 Å². The van der Waals surface area contributed by atoms with Gasteiger partial charge in [0, 0.05) is 18.3 Å². The van der Waals surface area contributed by atoms with Crippen LogP contribution >= 0.6 is 23.1 Å². The first-order valence-electron chi connectivity index (χ1n) is 6.81. The molecule has 3 rings (SSSR count). The van der Waals surface area contributed by atoms with Gasteiger partial charge in [0.2, 0.25) is 0 Å². The molecule has 0 aliphatic carbocycles.